The normalized spacial score (nSPS) is 11.2. The summed E-state index contributed by atoms with van der Waals surface area (Å²) < 4.78 is 9.04. The van der Waals surface area contributed by atoms with E-state index in [0.29, 0.717) is 40.9 Å². The Labute approximate surface area is 183 Å². The van der Waals surface area contributed by atoms with Crippen LogP contribution in [0.2, 0.25) is 0 Å². The predicted octanol–water partition coefficient (Wildman–Crippen LogP) is 3.58. The molecule has 8 nitrogen and oxygen atoms in total. The molecule has 0 aliphatic heterocycles. The largest absolute Gasteiger partial charge is 0.492 e. The first-order chi connectivity index (χ1) is 15.1. The molecule has 9 heteroatoms. The van der Waals surface area contributed by atoms with Crippen LogP contribution in [0.1, 0.15) is 20.3 Å². The molecule has 31 heavy (non-hydrogen) atoms. The zero-order valence-corrected chi connectivity index (χ0v) is 18.2. The topological polar surface area (TPSA) is 90.5 Å². The van der Waals surface area contributed by atoms with Gasteiger partial charge in [-0.05, 0) is 37.6 Å². The van der Waals surface area contributed by atoms with Gasteiger partial charge in [0.15, 0.2) is 5.16 Å². The number of anilines is 1. The number of benzene rings is 2. The van der Waals surface area contributed by atoms with Gasteiger partial charge in [-0.25, -0.2) is 0 Å². The third-order valence-electron chi connectivity index (χ3n) is 4.72. The second kappa shape index (κ2) is 9.22. The van der Waals surface area contributed by atoms with E-state index < -0.39 is 0 Å². The van der Waals surface area contributed by atoms with Crippen LogP contribution >= 0.6 is 11.8 Å². The number of carbonyl (C=O) groups excluding carboxylic acids is 1. The summed E-state index contributed by atoms with van der Waals surface area (Å²) in [6.07, 6.45) is 0.797. The van der Waals surface area contributed by atoms with E-state index in [0.717, 1.165) is 11.9 Å². The Morgan fingerprint density at radius 1 is 1.10 bits per heavy atom. The number of nitrogens with zero attached hydrogens (tertiary/aromatic N) is 4. The molecular weight excluding hydrogens is 414 g/mol. The van der Waals surface area contributed by atoms with E-state index in [2.05, 4.69) is 15.5 Å². The Hall–Kier alpha value is -3.33. The molecule has 0 aliphatic carbocycles. The Balaban J connectivity index is 1.63. The van der Waals surface area contributed by atoms with E-state index in [1.165, 1.54) is 11.8 Å². The third-order valence-corrected chi connectivity index (χ3v) is 5.65. The van der Waals surface area contributed by atoms with Gasteiger partial charge in [0.1, 0.15) is 5.75 Å². The maximum absolute atomic E-state index is 12.9. The molecule has 4 aromatic rings. The Morgan fingerprint density at radius 2 is 1.87 bits per heavy atom. The van der Waals surface area contributed by atoms with Crippen molar-refractivity contribution in [2.75, 3.05) is 17.7 Å². The van der Waals surface area contributed by atoms with Crippen LogP contribution in [-0.2, 0) is 11.3 Å². The van der Waals surface area contributed by atoms with Crippen molar-refractivity contribution in [3.05, 3.63) is 58.9 Å². The van der Waals surface area contributed by atoms with Gasteiger partial charge < -0.3 is 10.1 Å². The van der Waals surface area contributed by atoms with Crippen molar-refractivity contribution < 1.29 is 9.53 Å². The molecule has 0 aliphatic rings. The van der Waals surface area contributed by atoms with Crippen LogP contribution in [0.4, 0.5) is 5.69 Å². The number of fused-ring (bicyclic) bond motifs is 3. The minimum absolute atomic E-state index is 0.0841. The first-order valence-corrected chi connectivity index (χ1v) is 11.1. The van der Waals surface area contributed by atoms with Crippen LogP contribution in [0.5, 0.6) is 5.75 Å². The number of nitrogens with one attached hydrogen (secondary N) is 1. The van der Waals surface area contributed by atoms with Gasteiger partial charge in [-0.1, -0.05) is 43.0 Å². The molecule has 2 heterocycles. The van der Waals surface area contributed by atoms with Gasteiger partial charge in [0, 0.05) is 6.54 Å². The molecule has 0 radical (unpaired) electrons. The second-order valence-corrected chi connectivity index (χ2v) is 7.80. The average molecular weight is 438 g/mol. The van der Waals surface area contributed by atoms with Crippen LogP contribution in [0.3, 0.4) is 0 Å². The van der Waals surface area contributed by atoms with Crippen molar-refractivity contribution in [1.82, 2.24) is 19.2 Å². The molecular formula is C22H23N5O3S. The quantitative estimate of drug-likeness (QED) is 0.424. The number of hydrogen-bond donors (Lipinski definition) is 1. The van der Waals surface area contributed by atoms with Crippen LogP contribution in [0.15, 0.2) is 58.5 Å². The molecule has 160 valence electrons. The summed E-state index contributed by atoms with van der Waals surface area (Å²) in [6, 6.07) is 14.7. The van der Waals surface area contributed by atoms with Crippen molar-refractivity contribution in [3.8, 4) is 5.75 Å². The molecule has 1 amide bonds. The number of para-hydroxylation sites is 3. The standard InChI is InChI=1S/C22H23N5O3S/c1-3-13-26-20(29)15-9-5-7-11-17(15)27-21(26)24-25-22(27)31-14-19(28)23-16-10-6-8-12-18(16)30-4-2/h5-12H,3-4,13-14H2,1-2H3,(H,23,28). The number of aryl methyl sites for hydroxylation is 1. The zero-order valence-electron chi connectivity index (χ0n) is 17.4. The first-order valence-electron chi connectivity index (χ1n) is 10.1. The van der Waals surface area contributed by atoms with E-state index in [1.54, 1.807) is 16.7 Å². The van der Waals surface area contributed by atoms with Crippen LogP contribution in [-0.4, -0.2) is 37.4 Å². The average Bonchev–Trinajstić information content (AvgIpc) is 3.21. The summed E-state index contributed by atoms with van der Waals surface area (Å²) >= 11 is 1.27. The molecule has 2 aromatic carbocycles. The molecule has 0 fully saturated rings. The number of ether oxygens (including phenoxy) is 1. The van der Waals surface area contributed by atoms with Gasteiger partial charge in [0.25, 0.3) is 5.56 Å². The molecule has 0 spiro atoms. The van der Waals surface area contributed by atoms with E-state index in [4.69, 9.17) is 4.74 Å². The number of thioether (sulfide) groups is 1. The Kier molecular flexibility index (Phi) is 6.22. The van der Waals surface area contributed by atoms with Crippen molar-refractivity contribution in [2.45, 2.75) is 32.0 Å². The lowest BCUT2D eigenvalue weighted by molar-refractivity contribution is -0.113. The first kappa shape index (κ1) is 20.9. The Bertz CT molecular complexity index is 1300. The van der Waals surface area contributed by atoms with Gasteiger partial charge >= 0.3 is 0 Å². The summed E-state index contributed by atoms with van der Waals surface area (Å²) in [5.41, 5.74) is 1.27. The van der Waals surface area contributed by atoms with Gasteiger partial charge in [-0.3, -0.25) is 18.6 Å². The predicted molar refractivity (Wildman–Crippen MR) is 122 cm³/mol. The minimum Gasteiger partial charge on any atom is -0.492 e. The monoisotopic (exact) mass is 437 g/mol. The summed E-state index contributed by atoms with van der Waals surface area (Å²) in [5.74, 6) is 1.07. The summed E-state index contributed by atoms with van der Waals surface area (Å²) in [7, 11) is 0. The highest BCUT2D eigenvalue weighted by molar-refractivity contribution is 7.99. The van der Waals surface area contributed by atoms with E-state index in [-0.39, 0.29) is 17.2 Å². The number of carbonyl (C=O) groups is 1. The maximum Gasteiger partial charge on any atom is 0.262 e. The molecule has 4 rings (SSSR count). The number of rotatable bonds is 8. The van der Waals surface area contributed by atoms with Crippen LogP contribution in [0, 0.1) is 0 Å². The molecule has 0 saturated heterocycles. The van der Waals surface area contributed by atoms with E-state index in [9.17, 15) is 9.59 Å². The SMILES string of the molecule is CCCn1c(=O)c2ccccc2n2c(SCC(=O)Nc3ccccc3OCC)nnc12. The lowest BCUT2D eigenvalue weighted by Crippen LogP contribution is -2.23. The fourth-order valence-corrected chi connectivity index (χ4v) is 4.16. The molecule has 0 bridgehead atoms. The van der Waals surface area contributed by atoms with Crippen LogP contribution in [0.25, 0.3) is 16.7 Å². The highest BCUT2D eigenvalue weighted by atomic mass is 32.2. The van der Waals surface area contributed by atoms with Crippen molar-refractivity contribution in [1.29, 1.82) is 0 Å². The van der Waals surface area contributed by atoms with Crippen molar-refractivity contribution in [3.63, 3.8) is 0 Å². The lowest BCUT2D eigenvalue weighted by atomic mass is 10.2. The molecule has 0 saturated carbocycles. The van der Waals surface area contributed by atoms with Gasteiger partial charge in [-0.2, -0.15) is 0 Å². The highest BCUT2D eigenvalue weighted by Gasteiger charge is 2.17. The van der Waals surface area contributed by atoms with Crippen molar-refractivity contribution >= 4 is 40.0 Å². The number of amides is 1. The smallest absolute Gasteiger partial charge is 0.262 e. The summed E-state index contributed by atoms with van der Waals surface area (Å²) in [6.45, 7) is 4.96. The van der Waals surface area contributed by atoms with Crippen LogP contribution < -0.4 is 15.6 Å². The maximum atomic E-state index is 12.9. The molecule has 1 N–H and O–H groups in total. The van der Waals surface area contributed by atoms with Gasteiger partial charge in [-0.15, -0.1) is 10.2 Å². The second-order valence-electron chi connectivity index (χ2n) is 6.86. The zero-order chi connectivity index (χ0) is 21.8. The third kappa shape index (κ3) is 4.13. The van der Waals surface area contributed by atoms with E-state index in [1.807, 2.05) is 54.6 Å². The number of aromatic nitrogens is 4. The molecule has 2 aromatic heterocycles. The molecule has 0 unspecified atom stereocenters. The molecule has 0 atom stereocenters. The van der Waals surface area contributed by atoms with Gasteiger partial charge in [0.05, 0.1) is 29.0 Å². The number of hydrogen-bond acceptors (Lipinski definition) is 6. The highest BCUT2D eigenvalue weighted by Crippen LogP contribution is 2.25. The fourth-order valence-electron chi connectivity index (χ4n) is 3.42. The van der Waals surface area contributed by atoms with Gasteiger partial charge in [0.2, 0.25) is 11.7 Å². The fraction of sp³-hybridized carbons (Fsp3) is 0.273. The Morgan fingerprint density at radius 3 is 2.68 bits per heavy atom. The summed E-state index contributed by atoms with van der Waals surface area (Å²) in [5, 5.41) is 12.6. The van der Waals surface area contributed by atoms with E-state index >= 15 is 0 Å². The minimum atomic E-state index is -0.180. The van der Waals surface area contributed by atoms with Crippen molar-refractivity contribution in [2.24, 2.45) is 0 Å². The lowest BCUT2D eigenvalue weighted by Gasteiger charge is -2.11. The summed E-state index contributed by atoms with van der Waals surface area (Å²) in [4.78, 5) is 25.5.